The summed E-state index contributed by atoms with van der Waals surface area (Å²) in [4.78, 5) is 24.4. The van der Waals surface area contributed by atoms with Gasteiger partial charge in [-0.2, -0.15) is 0 Å². The highest BCUT2D eigenvalue weighted by molar-refractivity contribution is 5.70. The summed E-state index contributed by atoms with van der Waals surface area (Å²) < 4.78 is 22.3. The molecule has 204 valence electrons. The molecule has 37 heavy (non-hydrogen) atoms. The molecule has 2 aromatic carbocycles. The van der Waals surface area contributed by atoms with Crippen molar-refractivity contribution in [2.45, 2.75) is 73.0 Å². The van der Waals surface area contributed by atoms with Crippen LogP contribution < -0.4 is 0 Å². The van der Waals surface area contributed by atoms with Crippen molar-refractivity contribution in [3.8, 4) is 0 Å². The van der Waals surface area contributed by atoms with E-state index in [1.165, 1.54) is 0 Å². The van der Waals surface area contributed by atoms with E-state index in [1.807, 2.05) is 60.7 Å². The SMILES string of the molecule is CC(C)(CCOCCCOCCC(C)(C)CC(=O)OCc1ccccc1)CC(=O)OCc1ccccc1. The largest absolute Gasteiger partial charge is 0.461 e. The first-order chi connectivity index (χ1) is 17.7. The van der Waals surface area contributed by atoms with Crippen molar-refractivity contribution in [2.75, 3.05) is 26.4 Å². The molecule has 0 amide bonds. The molecule has 0 aliphatic rings. The van der Waals surface area contributed by atoms with Crippen LogP contribution in [0.5, 0.6) is 0 Å². The number of ether oxygens (including phenoxy) is 4. The predicted molar refractivity (Wildman–Crippen MR) is 145 cm³/mol. The lowest BCUT2D eigenvalue weighted by Crippen LogP contribution is -2.21. The second-order valence-electron chi connectivity index (χ2n) is 11.1. The molecule has 0 fully saturated rings. The maximum Gasteiger partial charge on any atom is 0.306 e. The highest BCUT2D eigenvalue weighted by atomic mass is 16.5. The molecule has 0 bridgehead atoms. The Bertz CT molecular complexity index is 832. The summed E-state index contributed by atoms with van der Waals surface area (Å²) in [5, 5.41) is 0. The first-order valence-corrected chi connectivity index (χ1v) is 13.2. The quantitative estimate of drug-likeness (QED) is 0.167. The van der Waals surface area contributed by atoms with Crippen LogP contribution in [-0.2, 0) is 41.8 Å². The molecular formula is C31H44O6. The Balaban J connectivity index is 1.46. The van der Waals surface area contributed by atoms with Gasteiger partial charge in [-0.1, -0.05) is 88.4 Å². The minimum atomic E-state index is -0.186. The third-order valence-corrected chi connectivity index (χ3v) is 6.15. The third kappa shape index (κ3) is 14.6. The van der Waals surface area contributed by atoms with Crippen LogP contribution in [0.2, 0.25) is 0 Å². The Morgan fingerprint density at radius 1 is 0.595 bits per heavy atom. The summed E-state index contributed by atoms with van der Waals surface area (Å²) >= 11 is 0. The second kappa shape index (κ2) is 16.2. The molecule has 6 heteroatoms. The number of carbonyl (C=O) groups is 2. The van der Waals surface area contributed by atoms with E-state index >= 15 is 0 Å². The molecule has 0 spiro atoms. The molecule has 0 N–H and O–H groups in total. The van der Waals surface area contributed by atoms with Gasteiger partial charge in [0.1, 0.15) is 13.2 Å². The van der Waals surface area contributed by atoms with Gasteiger partial charge in [-0.25, -0.2) is 0 Å². The van der Waals surface area contributed by atoms with Gasteiger partial charge in [0.15, 0.2) is 0 Å². The van der Waals surface area contributed by atoms with Crippen LogP contribution in [0.15, 0.2) is 60.7 Å². The number of benzene rings is 2. The van der Waals surface area contributed by atoms with Crippen molar-refractivity contribution in [3.05, 3.63) is 71.8 Å². The van der Waals surface area contributed by atoms with Crippen molar-refractivity contribution in [1.82, 2.24) is 0 Å². The lowest BCUT2D eigenvalue weighted by atomic mass is 9.86. The number of hydrogen-bond donors (Lipinski definition) is 0. The van der Waals surface area contributed by atoms with Gasteiger partial charge >= 0.3 is 11.9 Å². The van der Waals surface area contributed by atoms with E-state index in [9.17, 15) is 9.59 Å². The fraction of sp³-hybridized carbons (Fsp3) is 0.548. The average Bonchev–Trinajstić information content (AvgIpc) is 2.86. The van der Waals surface area contributed by atoms with Crippen LogP contribution in [0.25, 0.3) is 0 Å². The third-order valence-electron chi connectivity index (χ3n) is 6.15. The Hall–Kier alpha value is -2.70. The van der Waals surface area contributed by atoms with Crippen molar-refractivity contribution in [1.29, 1.82) is 0 Å². The van der Waals surface area contributed by atoms with Gasteiger partial charge < -0.3 is 18.9 Å². The molecule has 0 aliphatic carbocycles. The van der Waals surface area contributed by atoms with Gasteiger partial charge in [0.2, 0.25) is 0 Å². The Morgan fingerprint density at radius 2 is 0.973 bits per heavy atom. The maximum absolute atomic E-state index is 12.2. The first-order valence-electron chi connectivity index (χ1n) is 13.2. The van der Waals surface area contributed by atoms with E-state index in [0.29, 0.717) is 52.5 Å². The van der Waals surface area contributed by atoms with E-state index in [-0.39, 0.29) is 22.8 Å². The normalized spacial score (nSPS) is 11.8. The highest BCUT2D eigenvalue weighted by Gasteiger charge is 2.24. The van der Waals surface area contributed by atoms with Crippen LogP contribution in [0.4, 0.5) is 0 Å². The molecular weight excluding hydrogens is 468 g/mol. The molecule has 0 heterocycles. The van der Waals surface area contributed by atoms with Crippen LogP contribution in [0.1, 0.15) is 70.9 Å². The molecule has 0 saturated heterocycles. The molecule has 0 aromatic heterocycles. The first kappa shape index (κ1) is 30.5. The van der Waals surface area contributed by atoms with E-state index in [2.05, 4.69) is 27.7 Å². The highest BCUT2D eigenvalue weighted by Crippen LogP contribution is 2.27. The summed E-state index contributed by atoms with van der Waals surface area (Å²) in [6, 6.07) is 19.4. The Kier molecular flexibility index (Phi) is 13.4. The van der Waals surface area contributed by atoms with Gasteiger partial charge in [-0.3, -0.25) is 9.59 Å². The zero-order valence-corrected chi connectivity index (χ0v) is 23.0. The zero-order chi connectivity index (χ0) is 27.0. The van der Waals surface area contributed by atoms with Crippen LogP contribution >= 0.6 is 0 Å². The van der Waals surface area contributed by atoms with Crippen molar-refractivity contribution in [2.24, 2.45) is 10.8 Å². The van der Waals surface area contributed by atoms with E-state index in [0.717, 1.165) is 30.4 Å². The molecule has 0 atom stereocenters. The average molecular weight is 513 g/mol. The van der Waals surface area contributed by atoms with Gasteiger partial charge in [0, 0.05) is 26.4 Å². The Labute approximate surface area is 222 Å². The van der Waals surface area contributed by atoms with Crippen molar-refractivity contribution in [3.63, 3.8) is 0 Å². The molecule has 2 aromatic rings. The fourth-order valence-electron chi connectivity index (χ4n) is 3.70. The molecule has 0 saturated carbocycles. The van der Waals surface area contributed by atoms with Gasteiger partial charge in [0.25, 0.3) is 0 Å². The number of esters is 2. The lowest BCUT2D eigenvalue weighted by molar-refractivity contribution is -0.148. The van der Waals surface area contributed by atoms with Gasteiger partial charge in [0.05, 0.1) is 12.8 Å². The van der Waals surface area contributed by atoms with Gasteiger partial charge in [-0.05, 0) is 41.2 Å². The summed E-state index contributed by atoms with van der Waals surface area (Å²) in [6.07, 6.45) is 3.09. The molecule has 2 rings (SSSR count). The van der Waals surface area contributed by atoms with E-state index in [4.69, 9.17) is 18.9 Å². The van der Waals surface area contributed by atoms with Crippen molar-refractivity contribution < 1.29 is 28.5 Å². The second-order valence-corrected chi connectivity index (χ2v) is 11.1. The van der Waals surface area contributed by atoms with Crippen LogP contribution in [-0.4, -0.2) is 38.4 Å². The molecule has 0 aliphatic heterocycles. The number of rotatable bonds is 18. The predicted octanol–water partition coefficient (Wildman–Crippen LogP) is 6.51. The fourth-order valence-corrected chi connectivity index (χ4v) is 3.70. The van der Waals surface area contributed by atoms with Crippen LogP contribution in [0.3, 0.4) is 0 Å². The van der Waals surface area contributed by atoms with Gasteiger partial charge in [-0.15, -0.1) is 0 Å². The van der Waals surface area contributed by atoms with E-state index in [1.54, 1.807) is 0 Å². The summed E-state index contributed by atoms with van der Waals surface area (Å²) in [7, 11) is 0. The lowest BCUT2D eigenvalue weighted by Gasteiger charge is -2.23. The number of hydrogen-bond acceptors (Lipinski definition) is 6. The number of carbonyl (C=O) groups excluding carboxylic acids is 2. The summed E-state index contributed by atoms with van der Waals surface area (Å²) in [5.41, 5.74) is 1.61. The van der Waals surface area contributed by atoms with E-state index < -0.39 is 0 Å². The van der Waals surface area contributed by atoms with Crippen LogP contribution in [0, 0.1) is 10.8 Å². The topological polar surface area (TPSA) is 71.1 Å². The smallest absolute Gasteiger partial charge is 0.306 e. The monoisotopic (exact) mass is 512 g/mol. The minimum absolute atomic E-state index is 0.182. The molecule has 0 unspecified atom stereocenters. The molecule has 0 radical (unpaired) electrons. The maximum atomic E-state index is 12.2. The Morgan fingerprint density at radius 3 is 1.35 bits per heavy atom. The standard InChI is InChI=1S/C31H44O6/c1-30(2,22-28(32)36-24-26-12-7-5-8-13-26)16-20-34-18-11-19-35-21-17-31(3,4)23-29(33)37-25-27-14-9-6-10-15-27/h5-10,12-15H,11,16-25H2,1-4H3. The zero-order valence-electron chi connectivity index (χ0n) is 23.0. The summed E-state index contributed by atoms with van der Waals surface area (Å²) in [5.74, 6) is -0.371. The van der Waals surface area contributed by atoms with Crippen molar-refractivity contribution >= 4 is 11.9 Å². The minimum Gasteiger partial charge on any atom is -0.461 e. The summed E-state index contributed by atoms with van der Waals surface area (Å²) in [6.45, 7) is 11.3. The molecule has 6 nitrogen and oxygen atoms in total.